The minimum absolute atomic E-state index is 0.105. The highest BCUT2D eigenvalue weighted by Crippen LogP contribution is 2.44. The van der Waals surface area contributed by atoms with Gasteiger partial charge in [-0.05, 0) is 48.0 Å². The number of benzene rings is 3. The van der Waals surface area contributed by atoms with Gasteiger partial charge in [0.05, 0.1) is 28.7 Å². The number of nitro groups is 1. The van der Waals surface area contributed by atoms with Gasteiger partial charge in [-0.15, -0.1) is 0 Å². The van der Waals surface area contributed by atoms with Crippen molar-refractivity contribution in [2.75, 3.05) is 12.0 Å². The summed E-state index contributed by atoms with van der Waals surface area (Å²) in [6.45, 7) is 0. The molecule has 0 spiro atoms. The molecule has 4 rings (SSSR count). The lowest BCUT2D eigenvalue weighted by atomic mass is 9.95. The van der Waals surface area contributed by atoms with Gasteiger partial charge in [0.2, 0.25) is 0 Å². The van der Waals surface area contributed by atoms with Crippen LogP contribution in [0.3, 0.4) is 0 Å². The maximum absolute atomic E-state index is 13.1. The second kappa shape index (κ2) is 8.87. The smallest absolute Gasteiger partial charge is 0.300 e. The summed E-state index contributed by atoms with van der Waals surface area (Å²) in [7, 11) is 1.43. The molecule has 3 aromatic rings. The van der Waals surface area contributed by atoms with E-state index in [1.807, 2.05) is 0 Å². The number of ether oxygens (including phenoxy) is 1. The lowest BCUT2D eigenvalue weighted by Gasteiger charge is -2.26. The molecule has 10 heteroatoms. The SMILES string of the molecule is COc1ccc(N2C(=O)C(=O)/C(=C(/O)c3ccc([N+](=O)[O-])cc3)C2c2cccc(O)c2)cc1Cl. The first-order chi connectivity index (χ1) is 16.2. The lowest BCUT2D eigenvalue weighted by Crippen LogP contribution is -2.29. The van der Waals surface area contributed by atoms with Gasteiger partial charge in [0.1, 0.15) is 17.3 Å². The average Bonchev–Trinajstić information content (AvgIpc) is 3.09. The molecule has 1 amide bonds. The van der Waals surface area contributed by atoms with E-state index in [0.717, 1.165) is 0 Å². The number of non-ortho nitro benzene ring substituents is 1. The molecule has 0 saturated carbocycles. The van der Waals surface area contributed by atoms with Crippen molar-refractivity contribution in [1.82, 2.24) is 0 Å². The molecule has 1 aliphatic rings. The Hall–Kier alpha value is -4.37. The summed E-state index contributed by atoms with van der Waals surface area (Å²) in [4.78, 5) is 37.8. The van der Waals surface area contributed by atoms with Crippen molar-refractivity contribution >= 4 is 40.4 Å². The topological polar surface area (TPSA) is 130 Å². The molecule has 1 fully saturated rings. The maximum Gasteiger partial charge on any atom is 0.300 e. The molecule has 1 atom stereocenters. The third kappa shape index (κ3) is 3.93. The van der Waals surface area contributed by atoms with Crippen LogP contribution in [0.2, 0.25) is 5.02 Å². The van der Waals surface area contributed by atoms with E-state index < -0.39 is 28.4 Å². The first-order valence-electron chi connectivity index (χ1n) is 9.91. The molecule has 1 unspecified atom stereocenters. The molecule has 172 valence electrons. The number of amides is 1. The van der Waals surface area contributed by atoms with Crippen LogP contribution in [0.4, 0.5) is 11.4 Å². The van der Waals surface area contributed by atoms with E-state index in [1.165, 1.54) is 72.7 Å². The van der Waals surface area contributed by atoms with Crippen molar-refractivity contribution in [3.63, 3.8) is 0 Å². The first kappa shape index (κ1) is 22.8. The molecule has 2 N–H and O–H groups in total. The van der Waals surface area contributed by atoms with Crippen molar-refractivity contribution in [3.05, 3.63) is 98.6 Å². The number of anilines is 1. The average molecular weight is 481 g/mol. The number of Topliss-reactive ketones (excluding diaryl/α,β-unsaturated/α-hetero) is 1. The van der Waals surface area contributed by atoms with Gasteiger partial charge in [-0.3, -0.25) is 24.6 Å². The third-order valence-electron chi connectivity index (χ3n) is 5.40. The monoisotopic (exact) mass is 480 g/mol. The standard InChI is InChI=1S/C24H17ClN2O7/c1-34-19-10-9-16(12-18(19)25)26-21(14-3-2-4-17(28)11-14)20(23(30)24(26)31)22(29)13-5-7-15(8-6-13)27(32)33/h2-12,21,28-29H,1H3/b22-20+. The van der Waals surface area contributed by atoms with E-state index in [-0.39, 0.29) is 33.3 Å². The van der Waals surface area contributed by atoms with Crippen LogP contribution >= 0.6 is 11.6 Å². The number of nitrogens with zero attached hydrogens (tertiary/aromatic N) is 2. The Bertz CT molecular complexity index is 1350. The summed E-state index contributed by atoms with van der Waals surface area (Å²) >= 11 is 6.24. The molecule has 0 bridgehead atoms. The van der Waals surface area contributed by atoms with E-state index in [4.69, 9.17) is 16.3 Å². The zero-order chi connectivity index (χ0) is 24.6. The van der Waals surface area contributed by atoms with E-state index in [1.54, 1.807) is 6.07 Å². The second-order valence-electron chi connectivity index (χ2n) is 7.39. The third-order valence-corrected chi connectivity index (χ3v) is 5.69. The number of rotatable bonds is 5. The number of aromatic hydroxyl groups is 1. The molecule has 9 nitrogen and oxygen atoms in total. The van der Waals surface area contributed by atoms with E-state index in [9.17, 15) is 29.9 Å². The fourth-order valence-corrected chi connectivity index (χ4v) is 4.06. The molecule has 1 saturated heterocycles. The van der Waals surface area contributed by atoms with Crippen molar-refractivity contribution in [1.29, 1.82) is 0 Å². The van der Waals surface area contributed by atoms with Crippen LogP contribution in [-0.4, -0.2) is 33.9 Å². The molecular weight excluding hydrogens is 464 g/mol. The second-order valence-corrected chi connectivity index (χ2v) is 7.79. The summed E-state index contributed by atoms with van der Waals surface area (Å²) < 4.78 is 5.15. The highest BCUT2D eigenvalue weighted by atomic mass is 35.5. The first-order valence-corrected chi connectivity index (χ1v) is 10.3. The van der Waals surface area contributed by atoms with Gasteiger partial charge in [0.15, 0.2) is 0 Å². The Morgan fingerprint density at radius 3 is 2.38 bits per heavy atom. The van der Waals surface area contributed by atoms with Crippen LogP contribution in [0.15, 0.2) is 72.3 Å². The molecule has 3 aromatic carbocycles. The molecular formula is C24H17ClN2O7. The summed E-state index contributed by atoms with van der Waals surface area (Å²) in [5, 5.41) is 32.2. The van der Waals surface area contributed by atoms with Gasteiger partial charge in [0.25, 0.3) is 17.4 Å². The molecule has 34 heavy (non-hydrogen) atoms. The van der Waals surface area contributed by atoms with Crippen LogP contribution in [-0.2, 0) is 9.59 Å². The van der Waals surface area contributed by atoms with Crippen molar-refractivity contribution in [3.8, 4) is 11.5 Å². The Morgan fingerprint density at radius 1 is 1.09 bits per heavy atom. The minimum Gasteiger partial charge on any atom is -0.508 e. The highest BCUT2D eigenvalue weighted by molar-refractivity contribution is 6.51. The van der Waals surface area contributed by atoms with Gasteiger partial charge >= 0.3 is 0 Å². The quantitative estimate of drug-likeness (QED) is 0.179. The van der Waals surface area contributed by atoms with Gasteiger partial charge in [-0.25, -0.2) is 0 Å². The summed E-state index contributed by atoms with van der Waals surface area (Å²) in [5.74, 6) is -2.13. The summed E-state index contributed by atoms with van der Waals surface area (Å²) in [6.07, 6.45) is 0. The number of halogens is 1. The van der Waals surface area contributed by atoms with Crippen LogP contribution in [0.5, 0.6) is 11.5 Å². The number of aliphatic hydroxyl groups excluding tert-OH is 1. The molecule has 1 heterocycles. The normalized spacial score (nSPS) is 17.1. The van der Waals surface area contributed by atoms with E-state index in [2.05, 4.69) is 0 Å². The van der Waals surface area contributed by atoms with Crippen LogP contribution in [0, 0.1) is 10.1 Å². The minimum atomic E-state index is -1.10. The zero-order valence-corrected chi connectivity index (χ0v) is 18.4. The number of hydrogen-bond acceptors (Lipinski definition) is 7. The van der Waals surface area contributed by atoms with Gasteiger partial charge < -0.3 is 14.9 Å². The number of carbonyl (C=O) groups is 2. The molecule has 0 aliphatic carbocycles. The van der Waals surface area contributed by atoms with Crippen LogP contribution in [0.25, 0.3) is 5.76 Å². The summed E-state index contributed by atoms with van der Waals surface area (Å²) in [5.41, 5.74) is 0.297. The zero-order valence-electron chi connectivity index (χ0n) is 17.6. The van der Waals surface area contributed by atoms with Gasteiger partial charge in [-0.1, -0.05) is 23.7 Å². The van der Waals surface area contributed by atoms with Gasteiger partial charge in [-0.2, -0.15) is 0 Å². The van der Waals surface area contributed by atoms with Crippen molar-refractivity contribution in [2.45, 2.75) is 6.04 Å². The highest BCUT2D eigenvalue weighted by Gasteiger charge is 2.47. The van der Waals surface area contributed by atoms with E-state index >= 15 is 0 Å². The van der Waals surface area contributed by atoms with Gasteiger partial charge in [0, 0.05) is 23.4 Å². The lowest BCUT2D eigenvalue weighted by molar-refractivity contribution is -0.384. The number of hydrogen-bond donors (Lipinski definition) is 2. The number of ketones is 1. The number of phenolic OH excluding ortho intramolecular Hbond substituents is 1. The number of nitro benzene ring substituents is 1. The fraction of sp³-hybridized carbons (Fsp3) is 0.0833. The predicted octanol–water partition coefficient (Wildman–Crippen LogP) is 4.59. The molecule has 0 aromatic heterocycles. The Labute approximate surface area is 198 Å². The Kier molecular flexibility index (Phi) is 5.95. The Morgan fingerprint density at radius 2 is 1.79 bits per heavy atom. The largest absolute Gasteiger partial charge is 0.508 e. The molecule has 0 radical (unpaired) electrons. The Balaban J connectivity index is 1.92. The van der Waals surface area contributed by atoms with Crippen LogP contribution < -0.4 is 9.64 Å². The predicted molar refractivity (Wildman–Crippen MR) is 124 cm³/mol. The number of aliphatic hydroxyl groups is 1. The van der Waals surface area contributed by atoms with E-state index in [0.29, 0.717) is 11.3 Å². The van der Waals surface area contributed by atoms with Crippen molar-refractivity contribution in [2.24, 2.45) is 0 Å². The maximum atomic E-state index is 13.1. The number of carbonyl (C=O) groups excluding carboxylic acids is 2. The summed E-state index contributed by atoms with van der Waals surface area (Å²) in [6, 6.07) is 14.3. The fourth-order valence-electron chi connectivity index (χ4n) is 3.81. The number of phenols is 1. The van der Waals surface area contributed by atoms with Crippen LogP contribution in [0.1, 0.15) is 17.2 Å². The number of methoxy groups -OCH3 is 1. The molecule has 1 aliphatic heterocycles. The van der Waals surface area contributed by atoms with Crippen molar-refractivity contribution < 1.29 is 29.5 Å².